The average Bonchev–Trinajstić information content (AvgIpc) is 3.41. The topological polar surface area (TPSA) is 51.5 Å². The molecule has 0 bridgehead atoms. The van der Waals surface area contributed by atoms with Crippen LogP contribution in [0.1, 0.15) is 32.6 Å². The van der Waals surface area contributed by atoms with Crippen molar-refractivity contribution in [3.05, 3.63) is 42.7 Å². The van der Waals surface area contributed by atoms with Crippen molar-refractivity contribution >= 4 is 11.6 Å². The highest BCUT2D eigenvalue weighted by Crippen LogP contribution is 2.33. The Bertz CT molecular complexity index is 837. The Labute approximate surface area is 148 Å². The van der Waals surface area contributed by atoms with Gasteiger partial charge in [0.2, 0.25) is 5.78 Å². The van der Waals surface area contributed by atoms with Crippen molar-refractivity contribution in [1.82, 2.24) is 14.4 Å². The van der Waals surface area contributed by atoms with E-state index in [2.05, 4.69) is 29.4 Å². The number of aromatic nitrogens is 3. The molecule has 25 heavy (non-hydrogen) atoms. The van der Waals surface area contributed by atoms with Crippen LogP contribution in [-0.2, 0) is 0 Å². The second-order valence-corrected chi connectivity index (χ2v) is 6.65. The summed E-state index contributed by atoms with van der Waals surface area (Å²) in [5, 5.41) is 3.58. The minimum Gasteiger partial charge on any atom is -0.494 e. The van der Waals surface area contributed by atoms with Gasteiger partial charge in [-0.25, -0.2) is 9.97 Å². The third kappa shape index (κ3) is 3.60. The van der Waals surface area contributed by atoms with Gasteiger partial charge in [-0.3, -0.25) is 4.40 Å². The van der Waals surface area contributed by atoms with Gasteiger partial charge in [0.1, 0.15) is 17.3 Å². The molecule has 1 saturated carbocycles. The first kappa shape index (κ1) is 15.9. The fourth-order valence-corrected chi connectivity index (χ4v) is 2.86. The molecule has 3 aromatic rings. The predicted octanol–water partition coefficient (Wildman–Crippen LogP) is 4.40. The zero-order valence-corrected chi connectivity index (χ0v) is 14.6. The summed E-state index contributed by atoms with van der Waals surface area (Å²) in [7, 11) is 0. The van der Waals surface area contributed by atoms with E-state index in [0.29, 0.717) is 0 Å². The van der Waals surface area contributed by atoms with Crippen molar-refractivity contribution in [2.24, 2.45) is 5.92 Å². The van der Waals surface area contributed by atoms with Crippen LogP contribution in [-0.4, -0.2) is 27.5 Å². The fraction of sp³-hybridized carbons (Fsp3) is 0.400. The van der Waals surface area contributed by atoms with E-state index in [1.54, 1.807) is 6.20 Å². The summed E-state index contributed by atoms with van der Waals surface area (Å²) in [6.45, 7) is 3.93. The summed E-state index contributed by atoms with van der Waals surface area (Å²) in [6, 6.07) is 10.1. The molecule has 1 aliphatic carbocycles. The maximum atomic E-state index is 5.76. The number of unbranched alkanes of at least 4 members (excludes halogenated alkanes) is 1. The van der Waals surface area contributed by atoms with Gasteiger partial charge in [0.25, 0.3) is 0 Å². The monoisotopic (exact) mass is 336 g/mol. The third-order valence-electron chi connectivity index (χ3n) is 4.55. The Balaban J connectivity index is 1.61. The quantitative estimate of drug-likeness (QED) is 0.620. The Morgan fingerprint density at radius 2 is 2.08 bits per heavy atom. The first-order chi connectivity index (χ1) is 12.3. The highest BCUT2D eigenvalue weighted by molar-refractivity contribution is 5.75. The lowest BCUT2D eigenvalue weighted by molar-refractivity contribution is 0.309. The number of anilines is 1. The fourth-order valence-electron chi connectivity index (χ4n) is 2.86. The van der Waals surface area contributed by atoms with Crippen molar-refractivity contribution in [2.45, 2.75) is 32.6 Å². The van der Waals surface area contributed by atoms with Crippen LogP contribution in [0.5, 0.6) is 5.75 Å². The van der Waals surface area contributed by atoms with Crippen LogP contribution in [0.2, 0.25) is 0 Å². The molecule has 0 aliphatic heterocycles. The number of imidazole rings is 1. The summed E-state index contributed by atoms with van der Waals surface area (Å²) in [5.41, 5.74) is 2.02. The van der Waals surface area contributed by atoms with Crippen LogP contribution < -0.4 is 10.1 Å². The number of benzene rings is 1. The van der Waals surface area contributed by atoms with E-state index < -0.39 is 0 Å². The molecule has 0 atom stereocenters. The Morgan fingerprint density at radius 1 is 1.24 bits per heavy atom. The van der Waals surface area contributed by atoms with Gasteiger partial charge < -0.3 is 10.1 Å². The van der Waals surface area contributed by atoms with Gasteiger partial charge in [-0.1, -0.05) is 13.3 Å². The summed E-state index contributed by atoms with van der Waals surface area (Å²) in [4.78, 5) is 9.12. The lowest BCUT2D eigenvalue weighted by Gasteiger charge is -2.09. The number of fused-ring (bicyclic) bond motifs is 1. The molecule has 0 amide bonds. The number of hydrogen-bond donors (Lipinski definition) is 1. The molecule has 1 N–H and O–H groups in total. The highest BCUT2D eigenvalue weighted by atomic mass is 16.5. The largest absolute Gasteiger partial charge is 0.494 e. The lowest BCUT2D eigenvalue weighted by Crippen LogP contribution is -2.06. The molecular formula is C20H24N4O. The predicted molar refractivity (Wildman–Crippen MR) is 100 cm³/mol. The van der Waals surface area contributed by atoms with Crippen molar-refractivity contribution in [3.63, 3.8) is 0 Å². The summed E-state index contributed by atoms with van der Waals surface area (Å²) in [6.07, 6.45) is 8.65. The number of nitrogens with zero attached hydrogens (tertiary/aromatic N) is 3. The molecule has 130 valence electrons. The Kier molecular flexibility index (Phi) is 4.55. The van der Waals surface area contributed by atoms with Crippen molar-refractivity contribution in [3.8, 4) is 17.0 Å². The van der Waals surface area contributed by atoms with Gasteiger partial charge in [-0.05, 0) is 55.5 Å². The molecule has 2 aromatic heterocycles. The van der Waals surface area contributed by atoms with Gasteiger partial charge in [0.15, 0.2) is 0 Å². The van der Waals surface area contributed by atoms with E-state index in [1.165, 1.54) is 12.8 Å². The maximum absolute atomic E-state index is 5.76. The van der Waals surface area contributed by atoms with Crippen LogP contribution in [0, 0.1) is 5.92 Å². The van der Waals surface area contributed by atoms with Gasteiger partial charge in [-0.2, -0.15) is 0 Å². The molecule has 0 radical (unpaired) electrons. The lowest BCUT2D eigenvalue weighted by atomic mass is 10.1. The van der Waals surface area contributed by atoms with E-state index in [9.17, 15) is 0 Å². The second kappa shape index (κ2) is 7.13. The van der Waals surface area contributed by atoms with Gasteiger partial charge in [0.05, 0.1) is 6.61 Å². The molecule has 1 fully saturated rings. The molecule has 0 saturated heterocycles. The standard InChI is InChI=1S/C20H24N4O/c1-2-3-13-25-17-9-7-16(8-10-17)18-19(22-14-15-5-6-15)24-12-4-11-21-20(24)23-18/h4,7-12,15,22H,2-3,5-6,13-14H2,1H3. The van der Waals surface area contributed by atoms with E-state index in [-0.39, 0.29) is 0 Å². The average molecular weight is 336 g/mol. The van der Waals surface area contributed by atoms with E-state index in [1.807, 2.05) is 28.8 Å². The summed E-state index contributed by atoms with van der Waals surface area (Å²) < 4.78 is 7.79. The number of ether oxygens (including phenoxy) is 1. The normalized spacial score (nSPS) is 14.0. The minimum absolute atomic E-state index is 0.721. The van der Waals surface area contributed by atoms with Crippen LogP contribution in [0.15, 0.2) is 42.7 Å². The second-order valence-electron chi connectivity index (χ2n) is 6.65. The molecule has 1 aromatic carbocycles. The molecule has 0 unspecified atom stereocenters. The van der Waals surface area contributed by atoms with Crippen LogP contribution in [0.4, 0.5) is 5.82 Å². The third-order valence-corrected chi connectivity index (χ3v) is 4.55. The Hall–Kier alpha value is -2.56. The maximum Gasteiger partial charge on any atom is 0.235 e. The molecule has 5 heteroatoms. The highest BCUT2D eigenvalue weighted by Gasteiger charge is 2.22. The van der Waals surface area contributed by atoms with Crippen molar-refractivity contribution in [2.75, 3.05) is 18.5 Å². The molecular weight excluding hydrogens is 312 g/mol. The molecule has 1 aliphatic rings. The van der Waals surface area contributed by atoms with Gasteiger partial charge in [0, 0.05) is 24.5 Å². The SMILES string of the molecule is CCCCOc1ccc(-c2nc3ncccn3c2NCC2CC2)cc1. The van der Waals surface area contributed by atoms with Gasteiger partial charge in [-0.15, -0.1) is 0 Å². The van der Waals surface area contributed by atoms with Crippen molar-refractivity contribution < 1.29 is 4.74 Å². The van der Waals surface area contributed by atoms with E-state index in [4.69, 9.17) is 9.72 Å². The number of hydrogen-bond acceptors (Lipinski definition) is 4. The zero-order chi connectivity index (χ0) is 17.1. The van der Waals surface area contributed by atoms with Crippen LogP contribution >= 0.6 is 0 Å². The van der Waals surface area contributed by atoms with Crippen LogP contribution in [0.25, 0.3) is 17.0 Å². The smallest absolute Gasteiger partial charge is 0.235 e. The molecule has 5 nitrogen and oxygen atoms in total. The van der Waals surface area contributed by atoms with E-state index >= 15 is 0 Å². The number of nitrogens with one attached hydrogen (secondary N) is 1. The van der Waals surface area contributed by atoms with Gasteiger partial charge >= 0.3 is 0 Å². The van der Waals surface area contributed by atoms with Crippen molar-refractivity contribution in [1.29, 1.82) is 0 Å². The summed E-state index contributed by atoms with van der Waals surface area (Å²) >= 11 is 0. The number of rotatable bonds is 8. The summed E-state index contributed by atoms with van der Waals surface area (Å²) in [5.74, 6) is 3.45. The first-order valence-electron chi connectivity index (χ1n) is 9.15. The first-order valence-corrected chi connectivity index (χ1v) is 9.15. The molecule has 2 heterocycles. The Morgan fingerprint density at radius 3 is 2.84 bits per heavy atom. The van der Waals surface area contributed by atoms with E-state index in [0.717, 1.165) is 60.5 Å². The molecule has 4 rings (SSSR count). The minimum atomic E-state index is 0.721. The van der Waals surface area contributed by atoms with Crippen LogP contribution in [0.3, 0.4) is 0 Å². The molecule has 0 spiro atoms. The zero-order valence-electron chi connectivity index (χ0n) is 14.6.